The average molecular weight is 481 g/mol. The highest BCUT2D eigenvalue weighted by Crippen LogP contribution is 2.36. The van der Waals surface area contributed by atoms with Gasteiger partial charge in [-0.15, -0.1) is 0 Å². The fourth-order valence-electron chi connectivity index (χ4n) is 4.95. The molecule has 35 heavy (non-hydrogen) atoms. The van der Waals surface area contributed by atoms with E-state index < -0.39 is 11.9 Å². The Labute approximate surface area is 201 Å². The number of nitrogens with zero attached hydrogens (tertiary/aromatic N) is 3. The minimum atomic E-state index is -4.48. The summed E-state index contributed by atoms with van der Waals surface area (Å²) in [6.07, 6.45) is 1.91. The number of halogens is 3. The molecule has 0 radical (unpaired) electrons. The highest BCUT2D eigenvalue weighted by atomic mass is 19.4. The van der Waals surface area contributed by atoms with Crippen LogP contribution in [0.1, 0.15) is 30.5 Å². The number of aryl methyl sites for hydroxylation is 1. The van der Waals surface area contributed by atoms with Gasteiger partial charge in [0.15, 0.2) is 0 Å². The second-order valence-corrected chi connectivity index (χ2v) is 9.21. The molecule has 5 nitrogen and oxygen atoms in total. The molecule has 3 heterocycles. The summed E-state index contributed by atoms with van der Waals surface area (Å²) in [5.74, 6) is 0.665. The van der Waals surface area contributed by atoms with Crippen molar-refractivity contribution in [3.8, 4) is 11.1 Å². The number of carbonyl (C=O) groups excluding carboxylic acids is 1. The fraction of sp³-hybridized carbons (Fsp3) is 0.333. The van der Waals surface area contributed by atoms with E-state index in [1.54, 1.807) is 12.1 Å². The molecule has 0 bridgehead atoms. The maximum atomic E-state index is 13.2. The molecule has 0 saturated carbocycles. The van der Waals surface area contributed by atoms with E-state index >= 15 is 0 Å². The predicted octanol–water partition coefficient (Wildman–Crippen LogP) is 5.92. The maximum absolute atomic E-state index is 13.2. The lowest BCUT2D eigenvalue weighted by Gasteiger charge is -2.32. The number of hydrogen-bond acceptors (Lipinski definition) is 2. The molecule has 5 rings (SSSR count). The topological polar surface area (TPSA) is 53.9 Å². The third-order valence-electron chi connectivity index (χ3n) is 6.90. The fourth-order valence-corrected chi connectivity index (χ4v) is 4.95. The maximum Gasteiger partial charge on any atom is 0.433 e. The molecule has 0 atom stereocenters. The van der Waals surface area contributed by atoms with E-state index in [4.69, 9.17) is 0 Å². The summed E-state index contributed by atoms with van der Waals surface area (Å²) in [4.78, 5) is 14.6. The number of H-pyrrole nitrogens is 1. The van der Waals surface area contributed by atoms with Crippen LogP contribution in [0.2, 0.25) is 0 Å². The number of benzene rings is 2. The van der Waals surface area contributed by atoms with Gasteiger partial charge in [-0.2, -0.15) is 18.3 Å². The molecular formula is C27H27F3N4O. The highest BCUT2D eigenvalue weighted by Gasteiger charge is 2.36. The van der Waals surface area contributed by atoms with Crippen molar-refractivity contribution in [1.29, 1.82) is 0 Å². The van der Waals surface area contributed by atoms with Gasteiger partial charge in [-0.3, -0.25) is 9.89 Å². The molecule has 8 heteroatoms. The number of alkyl halides is 3. The molecule has 0 unspecified atom stereocenters. The lowest BCUT2D eigenvalue weighted by atomic mass is 9.96. The van der Waals surface area contributed by atoms with Gasteiger partial charge in [0.2, 0.25) is 5.91 Å². The molecule has 1 fully saturated rings. The standard InChI is InChI=1S/C27H27F3N4O/c28-27(29,30)26-23(17-31-32-26)21-7-8-24-22(16-21)12-15-34(24)18-20-10-13-33(14-11-20)25(35)9-6-19-4-2-1-3-5-19/h1-5,7-8,12,15-17,20H,6,9-11,13-14,18H2,(H,31,32). The number of hydrogen-bond donors (Lipinski definition) is 1. The van der Waals surface area contributed by atoms with E-state index in [9.17, 15) is 18.0 Å². The number of nitrogens with one attached hydrogen (secondary N) is 1. The molecule has 182 valence electrons. The molecule has 2 aromatic heterocycles. The number of amides is 1. The van der Waals surface area contributed by atoms with Gasteiger partial charge in [0.25, 0.3) is 0 Å². The van der Waals surface area contributed by atoms with Crippen LogP contribution in [0.15, 0.2) is 67.0 Å². The Morgan fingerprint density at radius 2 is 1.83 bits per heavy atom. The third kappa shape index (κ3) is 5.11. The second-order valence-electron chi connectivity index (χ2n) is 9.21. The molecule has 0 aliphatic carbocycles. The number of likely N-dealkylation sites (tertiary alicyclic amines) is 1. The van der Waals surface area contributed by atoms with Crippen molar-refractivity contribution in [3.63, 3.8) is 0 Å². The summed E-state index contributed by atoms with van der Waals surface area (Å²) in [5.41, 5.74) is 1.88. The smallest absolute Gasteiger partial charge is 0.347 e. The molecule has 2 aromatic carbocycles. The van der Waals surface area contributed by atoms with Crippen molar-refractivity contribution in [2.24, 2.45) is 5.92 Å². The molecule has 1 saturated heterocycles. The molecule has 1 amide bonds. The van der Waals surface area contributed by atoms with Gasteiger partial charge in [-0.25, -0.2) is 0 Å². The summed E-state index contributed by atoms with van der Waals surface area (Å²) in [6.45, 7) is 2.36. The van der Waals surface area contributed by atoms with Crippen LogP contribution in [0.25, 0.3) is 22.0 Å². The monoisotopic (exact) mass is 480 g/mol. The number of aromatic nitrogens is 3. The van der Waals surface area contributed by atoms with Crippen molar-refractivity contribution < 1.29 is 18.0 Å². The average Bonchev–Trinajstić information content (AvgIpc) is 3.51. The summed E-state index contributed by atoms with van der Waals surface area (Å²) in [6, 6.07) is 17.4. The lowest BCUT2D eigenvalue weighted by molar-refractivity contribution is -0.140. The normalized spacial score (nSPS) is 15.1. The first-order valence-corrected chi connectivity index (χ1v) is 11.9. The van der Waals surface area contributed by atoms with Crippen LogP contribution in [0.5, 0.6) is 0 Å². The van der Waals surface area contributed by atoms with Crippen LogP contribution < -0.4 is 0 Å². The number of fused-ring (bicyclic) bond motifs is 1. The van der Waals surface area contributed by atoms with E-state index in [0.717, 1.165) is 49.8 Å². The largest absolute Gasteiger partial charge is 0.433 e. The molecule has 1 N–H and O–H groups in total. The lowest BCUT2D eigenvalue weighted by Crippen LogP contribution is -2.39. The summed E-state index contributed by atoms with van der Waals surface area (Å²) >= 11 is 0. The van der Waals surface area contributed by atoms with Gasteiger partial charge in [0.1, 0.15) is 5.69 Å². The van der Waals surface area contributed by atoms with Gasteiger partial charge in [0.05, 0.1) is 6.20 Å². The van der Waals surface area contributed by atoms with Crippen molar-refractivity contribution >= 4 is 16.8 Å². The van der Waals surface area contributed by atoms with Crippen LogP contribution in [-0.4, -0.2) is 38.7 Å². The first-order valence-electron chi connectivity index (χ1n) is 11.9. The Morgan fingerprint density at radius 1 is 1.06 bits per heavy atom. The summed E-state index contributed by atoms with van der Waals surface area (Å²) in [7, 11) is 0. The van der Waals surface area contributed by atoms with Gasteiger partial charge in [-0.05, 0) is 54.5 Å². The molecular weight excluding hydrogens is 453 g/mol. The number of piperidine rings is 1. The van der Waals surface area contributed by atoms with Crippen LogP contribution in [0, 0.1) is 5.92 Å². The second kappa shape index (κ2) is 9.60. The van der Waals surface area contributed by atoms with E-state index in [1.165, 1.54) is 11.8 Å². The van der Waals surface area contributed by atoms with Crippen LogP contribution in [0.4, 0.5) is 13.2 Å². The zero-order valence-corrected chi connectivity index (χ0v) is 19.3. The van der Waals surface area contributed by atoms with Crippen molar-refractivity contribution in [2.75, 3.05) is 13.1 Å². The quantitative estimate of drug-likeness (QED) is 0.372. The van der Waals surface area contributed by atoms with Gasteiger partial charge in [0, 0.05) is 48.7 Å². The Balaban J connectivity index is 1.19. The zero-order valence-electron chi connectivity index (χ0n) is 19.3. The zero-order chi connectivity index (χ0) is 24.4. The van der Waals surface area contributed by atoms with Crippen LogP contribution in [0.3, 0.4) is 0 Å². The number of aromatic amines is 1. The Bertz CT molecular complexity index is 1300. The first-order chi connectivity index (χ1) is 16.9. The van der Waals surface area contributed by atoms with Crippen molar-refractivity contribution in [2.45, 2.75) is 38.4 Å². The summed E-state index contributed by atoms with van der Waals surface area (Å²) in [5, 5.41) is 6.56. The molecule has 0 spiro atoms. The minimum absolute atomic E-state index is 0.0523. The SMILES string of the molecule is O=C(CCc1ccccc1)N1CCC(Cn2ccc3cc(-c4cn[nH]c4C(F)(F)F)ccc32)CC1. The van der Waals surface area contributed by atoms with E-state index in [2.05, 4.69) is 14.8 Å². The molecule has 1 aliphatic heterocycles. The van der Waals surface area contributed by atoms with Crippen molar-refractivity contribution in [3.05, 3.63) is 78.2 Å². The van der Waals surface area contributed by atoms with Gasteiger partial charge < -0.3 is 9.47 Å². The predicted molar refractivity (Wildman–Crippen MR) is 129 cm³/mol. The summed E-state index contributed by atoms with van der Waals surface area (Å²) < 4.78 is 41.9. The Kier molecular flexibility index (Phi) is 6.36. The molecule has 4 aromatic rings. The van der Waals surface area contributed by atoms with Crippen LogP contribution >= 0.6 is 0 Å². The van der Waals surface area contributed by atoms with Crippen molar-refractivity contribution in [1.82, 2.24) is 19.7 Å². The van der Waals surface area contributed by atoms with Gasteiger partial charge in [-0.1, -0.05) is 36.4 Å². The first kappa shape index (κ1) is 23.2. The third-order valence-corrected chi connectivity index (χ3v) is 6.90. The van der Waals surface area contributed by atoms with E-state index in [1.807, 2.05) is 53.6 Å². The van der Waals surface area contributed by atoms with E-state index in [0.29, 0.717) is 17.9 Å². The Hall–Kier alpha value is -3.55. The minimum Gasteiger partial charge on any atom is -0.347 e. The van der Waals surface area contributed by atoms with Gasteiger partial charge >= 0.3 is 6.18 Å². The number of rotatable bonds is 6. The van der Waals surface area contributed by atoms with E-state index in [-0.39, 0.29) is 11.5 Å². The highest BCUT2D eigenvalue weighted by molar-refractivity contribution is 5.86. The molecule has 1 aliphatic rings. The number of carbonyl (C=O) groups is 1. The Morgan fingerprint density at radius 3 is 2.57 bits per heavy atom. The van der Waals surface area contributed by atoms with Crippen LogP contribution in [-0.2, 0) is 23.9 Å².